The van der Waals surface area contributed by atoms with Gasteiger partial charge >= 0.3 is 0 Å². The Hall–Kier alpha value is -2.24. The number of nitrogens with zero attached hydrogens (tertiary/aromatic N) is 1. The predicted octanol–water partition coefficient (Wildman–Crippen LogP) is 4.16. The maximum atomic E-state index is 10.8. The lowest BCUT2D eigenvalue weighted by Gasteiger charge is -2.17. The minimum atomic E-state index is -0.701. The summed E-state index contributed by atoms with van der Waals surface area (Å²) in [5, 5.41) is 10.8. The summed E-state index contributed by atoms with van der Waals surface area (Å²) in [5.41, 5.74) is 1.96. The van der Waals surface area contributed by atoms with Crippen LogP contribution in [0.25, 0.3) is 0 Å². The Balaban J connectivity index is 1.94. The van der Waals surface area contributed by atoms with Crippen molar-refractivity contribution in [3.63, 3.8) is 0 Å². The van der Waals surface area contributed by atoms with Gasteiger partial charge in [0, 0.05) is 12.1 Å². The van der Waals surface area contributed by atoms with Crippen LogP contribution in [0.2, 0.25) is 0 Å². The highest BCUT2D eigenvalue weighted by Gasteiger charge is 2.42. The van der Waals surface area contributed by atoms with Crippen molar-refractivity contribution >= 4 is 5.69 Å². The Bertz CT molecular complexity index is 667. The molecule has 0 amide bonds. The minimum absolute atomic E-state index is 0.0678. The highest BCUT2D eigenvalue weighted by Crippen LogP contribution is 2.46. The predicted molar refractivity (Wildman–Crippen MR) is 81.3 cm³/mol. The minimum Gasteiger partial charge on any atom is -0.339 e. The Morgan fingerprint density at radius 3 is 1.91 bits per heavy atom. The molecule has 0 radical (unpaired) electrons. The largest absolute Gasteiger partial charge is 0.339 e. The second-order valence-electron chi connectivity index (χ2n) is 5.74. The van der Waals surface area contributed by atoms with Gasteiger partial charge < -0.3 is 9.47 Å². The zero-order valence-electron chi connectivity index (χ0n) is 12.4. The van der Waals surface area contributed by atoms with Gasteiger partial charge in [0.15, 0.2) is 5.79 Å². The van der Waals surface area contributed by atoms with Crippen molar-refractivity contribution in [1.82, 2.24) is 0 Å². The molecule has 2 aromatic carbocycles. The molecule has 2 aromatic rings. The fraction of sp³-hybridized carbons (Fsp3) is 0.294. The summed E-state index contributed by atoms with van der Waals surface area (Å²) in [7, 11) is 0. The van der Waals surface area contributed by atoms with Crippen LogP contribution in [0.15, 0.2) is 54.6 Å². The molecule has 0 N–H and O–H groups in total. The molecule has 0 aliphatic carbocycles. The molecule has 1 heterocycles. The standard InChI is InChI=1S/C17H17NO4/c1-17(2)21-15(12-6-4-3-5-7-12)16(22-17)13-8-10-14(11-9-13)18(19)20/h3-11,15-16H,1-2H3. The zero-order chi connectivity index (χ0) is 15.7. The number of nitro benzene ring substituents is 1. The van der Waals surface area contributed by atoms with Crippen LogP contribution in [0.4, 0.5) is 5.69 Å². The lowest BCUT2D eigenvalue weighted by Crippen LogP contribution is -2.20. The van der Waals surface area contributed by atoms with Crippen molar-refractivity contribution < 1.29 is 14.4 Å². The Kier molecular flexibility index (Phi) is 3.68. The molecule has 0 bridgehead atoms. The van der Waals surface area contributed by atoms with E-state index in [1.54, 1.807) is 12.1 Å². The van der Waals surface area contributed by atoms with Crippen molar-refractivity contribution in [2.45, 2.75) is 31.8 Å². The molecule has 0 aromatic heterocycles. The Morgan fingerprint density at radius 1 is 0.909 bits per heavy atom. The highest BCUT2D eigenvalue weighted by molar-refractivity contribution is 5.35. The fourth-order valence-corrected chi connectivity index (χ4v) is 2.68. The maximum Gasteiger partial charge on any atom is 0.269 e. The number of benzene rings is 2. The van der Waals surface area contributed by atoms with E-state index < -0.39 is 10.7 Å². The number of nitro groups is 1. The van der Waals surface area contributed by atoms with Crippen LogP contribution in [0.3, 0.4) is 0 Å². The van der Waals surface area contributed by atoms with Crippen LogP contribution in [-0.4, -0.2) is 10.7 Å². The summed E-state index contributed by atoms with van der Waals surface area (Å²) in [6.45, 7) is 3.74. The molecule has 1 aliphatic heterocycles. The third-order valence-corrected chi connectivity index (χ3v) is 3.66. The first-order chi connectivity index (χ1) is 10.5. The lowest BCUT2D eigenvalue weighted by atomic mass is 9.98. The monoisotopic (exact) mass is 299 g/mol. The van der Waals surface area contributed by atoms with Crippen LogP contribution in [0.1, 0.15) is 37.2 Å². The molecule has 22 heavy (non-hydrogen) atoms. The van der Waals surface area contributed by atoms with Crippen LogP contribution < -0.4 is 0 Å². The number of non-ortho nitro benzene ring substituents is 1. The maximum absolute atomic E-state index is 10.8. The smallest absolute Gasteiger partial charge is 0.269 e. The van der Waals surface area contributed by atoms with Gasteiger partial charge in [0.2, 0.25) is 0 Å². The van der Waals surface area contributed by atoms with E-state index in [1.807, 2.05) is 44.2 Å². The van der Waals surface area contributed by atoms with Crippen LogP contribution >= 0.6 is 0 Å². The summed E-state index contributed by atoms with van der Waals surface area (Å²) in [5.74, 6) is -0.701. The van der Waals surface area contributed by atoms with E-state index in [0.717, 1.165) is 11.1 Å². The summed E-state index contributed by atoms with van der Waals surface area (Å²) in [6.07, 6.45) is -0.532. The summed E-state index contributed by atoms with van der Waals surface area (Å²) >= 11 is 0. The average molecular weight is 299 g/mol. The van der Waals surface area contributed by atoms with E-state index in [4.69, 9.17) is 9.47 Å². The van der Waals surface area contributed by atoms with E-state index in [9.17, 15) is 10.1 Å². The third-order valence-electron chi connectivity index (χ3n) is 3.66. The summed E-state index contributed by atoms with van der Waals surface area (Å²) in [6, 6.07) is 16.3. The van der Waals surface area contributed by atoms with Crippen molar-refractivity contribution in [1.29, 1.82) is 0 Å². The SMILES string of the molecule is CC1(C)OC(c2ccccc2)C(c2ccc([N+](=O)[O-])cc2)O1. The molecule has 3 rings (SSSR count). The van der Waals surface area contributed by atoms with Crippen molar-refractivity contribution in [3.8, 4) is 0 Å². The molecule has 114 valence electrons. The number of rotatable bonds is 3. The summed E-state index contributed by atoms with van der Waals surface area (Å²) in [4.78, 5) is 10.4. The van der Waals surface area contributed by atoms with Gasteiger partial charge in [0.05, 0.1) is 4.92 Å². The number of hydrogen-bond donors (Lipinski definition) is 0. The number of hydrogen-bond acceptors (Lipinski definition) is 4. The summed E-state index contributed by atoms with van der Waals surface area (Å²) < 4.78 is 12.0. The normalized spacial score (nSPS) is 23.4. The second-order valence-corrected chi connectivity index (χ2v) is 5.74. The highest BCUT2D eigenvalue weighted by atomic mass is 16.7. The quantitative estimate of drug-likeness (QED) is 0.630. The molecule has 5 heteroatoms. The van der Waals surface area contributed by atoms with E-state index in [0.29, 0.717) is 0 Å². The van der Waals surface area contributed by atoms with E-state index >= 15 is 0 Å². The molecule has 5 nitrogen and oxygen atoms in total. The van der Waals surface area contributed by atoms with Gasteiger partial charge in [-0.05, 0) is 37.1 Å². The molecule has 0 spiro atoms. The van der Waals surface area contributed by atoms with Crippen LogP contribution in [-0.2, 0) is 9.47 Å². The van der Waals surface area contributed by atoms with Gasteiger partial charge in [0.25, 0.3) is 5.69 Å². The Labute approximate surface area is 128 Å². The van der Waals surface area contributed by atoms with Gasteiger partial charge in [-0.3, -0.25) is 10.1 Å². The molecule has 2 atom stereocenters. The van der Waals surface area contributed by atoms with Crippen molar-refractivity contribution in [2.24, 2.45) is 0 Å². The molecule has 1 saturated heterocycles. The van der Waals surface area contributed by atoms with Crippen molar-refractivity contribution in [3.05, 3.63) is 75.8 Å². The molecule has 1 fully saturated rings. The van der Waals surface area contributed by atoms with E-state index in [1.165, 1.54) is 12.1 Å². The zero-order valence-corrected chi connectivity index (χ0v) is 12.4. The Morgan fingerprint density at radius 2 is 1.41 bits per heavy atom. The fourth-order valence-electron chi connectivity index (χ4n) is 2.68. The van der Waals surface area contributed by atoms with Crippen molar-refractivity contribution in [2.75, 3.05) is 0 Å². The molecular weight excluding hydrogens is 282 g/mol. The second kappa shape index (κ2) is 5.51. The van der Waals surface area contributed by atoms with Gasteiger partial charge in [-0.1, -0.05) is 30.3 Å². The average Bonchev–Trinajstić information content (AvgIpc) is 2.84. The van der Waals surface area contributed by atoms with Crippen LogP contribution in [0, 0.1) is 10.1 Å². The van der Waals surface area contributed by atoms with E-state index in [-0.39, 0.29) is 17.9 Å². The van der Waals surface area contributed by atoms with Gasteiger partial charge in [0.1, 0.15) is 12.2 Å². The molecule has 0 saturated carbocycles. The van der Waals surface area contributed by atoms with E-state index in [2.05, 4.69) is 0 Å². The topological polar surface area (TPSA) is 61.6 Å². The third kappa shape index (κ3) is 2.86. The lowest BCUT2D eigenvalue weighted by molar-refractivity contribution is -0.384. The first-order valence-corrected chi connectivity index (χ1v) is 7.11. The van der Waals surface area contributed by atoms with Gasteiger partial charge in [-0.2, -0.15) is 0 Å². The molecule has 2 unspecified atom stereocenters. The number of ether oxygens (including phenoxy) is 2. The molecule has 1 aliphatic rings. The first-order valence-electron chi connectivity index (χ1n) is 7.11. The van der Waals surface area contributed by atoms with Crippen LogP contribution in [0.5, 0.6) is 0 Å². The first kappa shape index (κ1) is 14.7. The van der Waals surface area contributed by atoms with Gasteiger partial charge in [-0.25, -0.2) is 0 Å². The molecular formula is C17H17NO4. The van der Waals surface area contributed by atoms with Gasteiger partial charge in [-0.15, -0.1) is 0 Å².